The van der Waals surface area contributed by atoms with E-state index in [1.54, 1.807) is 60.7 Å². The molecule has 0 spiro atoms. The number of alkyl halides is 4. The summed E-state index contributed by atoms with van der Waals surface area (Å²) in [6.45, 7) is -6.03. The Morgan fingerprint density at radius 2 is 1.12 bits per heavy atom. The highest BCUT2D eigenvalue weighted by Gasteiger charge is 2.31. The van der Waals surface area contributed by atoms with E-state index in [2.05, 4.69) is 20.8 Å². The van der Waals surface area contributed by atoms with Crippen LogP contribution in [0, 0.1) is 0 Å². The molecule has 0 aliphatic carbocycles. The second kappa shape index (κ2) is 19.8. The predicted octanol–water partition coefficient (Wildman–Crippen LogP) is 4.97. The molecule has 22 heteroatoms. The van der Waals surface area contributed by atoms with Crippen molar-refractivity contribution in [2.45, 2.75) is 44.1 Å². The van der Waals surface area contributed by atoms with E-state index >= 15 is 0 Å². The van der Waals surface area contributed by atoms with Gasteiger partial charge in [-0.25, -0.2) is 9.36 Å². The molecule has 16 nitrogen and oxygen atoms in total. The molecule has 0 bridgehead atoms. The molecule has 3 atom stereocenters. The van der Waals surface area contributed by atoms with Crippen LogP contribution in [0.2, 0.25) is 10.4 Å². The van der Waals surface area contributed by atoms with Crippen molar-refractivity contribution >= 4 is 52.6 Å². The van der Waals surface area contributed by atoms with E-state index in [1.165, 1.54) is 24.7 Å². The molecule has 0 aliphatic rings. The van der Waals surface area contributed by atoms with Crippen molar-refractivity contribution in [3.8, 4) is 22.5 Å². The molecular weight excluding hydrogens is 843 g/mol. The van der Waals surface area contributed by atoms with Gasteiger partial charge in [0.2, 0.25) is 22.1 Å². The highest BCUT2D eigenvalue weighted by molar-refractivity contribution is 6.38. The zero-order valence-corrected chi connectivity index (χ0v) is 32.1. The van der Waals surface area contributed by atoms with Crippen LogP contribution in [-0.2, 0) is 27.2 Å². The van der Waals surface area contributed by atoms with E-state index in [-0.39, 0.29) is 61.6 Å². The molecule has 4 heterocycles. The van der Waals surface area contributed by atoms with Crippen LogP contribution in [0.25, 0.3) is 22.5 Å². The van der Waals surface area contributed by atoms with Gasteiger partial charge in [-0.3, -0.25) is 24.0 Å². The third kappa shape index (κ3) is 10.8. The third-order valence-electron chi connectivity index (χ3n) is 8.53. The number of rotatable bonds is 16. The Hall–Kier alpha value is -6.77. The number of halogens is 6. The fourth-order valence-electron chi connectivity index (χ4n) is 5.66. The number of primary amides is 2. The number of aliphatic hydroxyl groups excluding tert-OH is 1. The van der Waals surface area contributed by atoms with E-state index in [1.807, 2.05) is 0 Å². The number of benzene rings is 2. The number of furan rings is 2. The Labute approximate surface area is 346 Å². The zero-order chi connectivity index (χ0) is 43.7. The van der Waals surface area contributed by atoms with Gasteiger partial charge in [0, 0.05) is 18.8 Å². The van der Waals surface area contributed by atoms with E-state index in [9.17, 15) is 46.6 Å². The second-order valence-corrected chi connectivity index (χ2v) is 13.3. The van der Waals surface area contributed by atoms with Gasteiger partial charge in [0.05, 0.1) is 40.8 Å². The number of Topliss-reactive ketones (excluding diaryl/α,β-unsaturated/α-hetero) is 1. The van der Waals surface area contributed by atoms with Gasteiger partial charge in [0.15, 0.2) is 6.10 Å². The first-order valence-electron chi connectivity index (χ1n) is 17.3. The van der Waals surface area contributed by atoms with E-state index in [0.717, 1.165) is 12.4 Å². The van der Waals surface area contributed by atoms with Gasteiger partial charge in [-0.05, 0) is 52.9 Å². The minimum absolute atomic E-state index is 0.0286. The van der Waals surface area contributed by atoms with Gasteiger partial charge in [-0.2, -0.15) is 27.8 Å². The number of nitrogens with two attached hydrogens (primary N) is 2. The number of carbonyl (C=O) groups excluding carboxylic acids is 5. The standard InChI is InChI=1S/C19H17ClF2N4O4.C19H15ClF2N4O4/c2*20-16-11(6-7-30-16)14-12(9-26(25-14)19(21)22)18(29)24-13(15(27)17(23)28)8-10-4-2-1-3-5-10/h1-7,9,13,15,19,27H,8H2,(H2,23,28)(H,24,29);1-7,9,13,19H,8H2,(H2,23,28)(H,24,29). The van der Waals surface area contributed by atoms with Gasteiger partial charge in [-0.15, -0.1) is 0 Å². The van der Waals surface area contributed by atoms with Crippen molar-refractivity contribution in [2.75, 3.05) is 0 Å². The highest BCUT2D eigenvalue weighted by Crippen LogP contribution is 2.33. The van der Waals surface area contributed by atoms with Crippen LogP contribution in [0.4, 0.5) is 17.6 Å². The minimum atomic E-state index is -3.02. The lowest BCUT2D eigenvalue weighted by atomic mass is 10.00. The number of hydrogen-bond donors (Lipinski definition) is 5. The Bertz CT molecular complexity index is 2460. The summed E-state index contributed by atoms with van der Waals surface area (Å²) in [7, 11) is 0. The molecular formula is C38H32Cl2F4N8O8. The zero-order valence-electron chi connectivity index (χ0n) is 30.6. The first-order valence-corrected chi connectivity index (χ1v) is 18.0. The number of ketones is 1. The number of carbonyl (C=O) groups is 5. The highest BCUT2D eigenvalue weighted by atomic mass is 35.5. The molecule has 314 valence electrons. The average molecular weight is 876 g/mol. The molecule has 60 heavy (non-hydrogen) atoms. The van der Waals surface area contributed by atoms with Crippen molar-refractivity contribution in [2.24, 2.45) is 11.5 Å². The topological polar surface area (TPSA) is 244 Å². The molecule has 0 saturated heterocycles. The van der Waals surface area contributed by atoms with Crippen LogP contribution in [-0.4, -0.2) is 72.3 Å². The first kappa shape index (κ1) is 44.3. The lowest BCUT2D eigenvalue weighted by molar-refractivity contribution is -0.137. The monoisotopic (exact) mass is 874 g/mol. The molecule has 0 radical (unpaired) electrons. The SMILES string of the molecule is NC(=O)C(=O)C(Cc1ccccc1)NC(=O)c1cn(C(F)F)nc1-c1ccoc1Cl.NC(=O)C(O)C(Cc1ccccc1)NC(=O)c1cn(C(F)F)nc1-c1ccoc1Cl. The smallest absolute Gasteiger partial charge is 0.333 e. The summed E-state index contributed by atoms with van der Waals surface area (Å²) < 4.78 is 63.1. The van der Waals surface area contributed by atoms with Crippen LogP contribution in [0.5, 0.6) is 0 Å². The molecule has 7 N–H and O–H groups in total. The number of aliphatic hydroxyl groups is 1. The third-order valence-corrected chi connectivity index (χ3v) is 9.12. The van der Waals surface area contributed by atoms with Gasteiger partial charge in [0.1, 0.15) is 17.4 Å². The Balaban J connectivity index is 0.000000228. The average Bonchev–Trinajstić information content (AvgIpc) is 4.04. The summed E-state index contributed by atoms with van der Waals surface area (Å²) in [5.41, 5.74) is 11.1. The Kier molecular flexibility index (Phi) is 14.6. The maximum absolute atomic E-state index is 13.2. The van der Waals surface area contributed by atoms with E-state index in [4.69, 9.17) is 43.5 Å². The molecule has 0 fully saturated rings. The normalized spacial score (nSPS) is 12.6. The maximum atomic E-state index is 13.2. The van der Waals surface area contributed by atoms with Gasteiger partial charge >= 0.3 is 13.1 Å². The Morgan fingerprint density at radius 1 is 0.683 bits per heavy atom. The van der Waals surface area contributed by atoms with Crippen LogP contribution in [0.15, 0.2) is 107 Å². The molecule has 6 aromatic rings. The summed E-state index contributed by atoms with van der Waals surface area (Å²) in [4.78, 5) is 60.9. The van der Waals surface area contributed by atoms with Gasteiger partial charge in [-0.1, -0.05) is 60.7 Å². The minimum Gasteiger partial charge on any atom is -0.452 e. The van der Waals surface area contributed by atoms with Crippen molar-refractivity contribution in [1.29, 1.82) is 0 Å². The molecule has 0 aliphatic heterocycles. The van der Waals surface area contributed by atoms with Gasteiger partial charge in [0.25, 0.3) is 17.7 Å². The summed E-state index contributed by atoms with van der Waals surface area (Å²) in [5.74, 6) is -5.08. The van der Waals surface area contributed by atoms with Gasteiger partial charge < -0.3 is 36.0 Å². The fourth-order valence-corrected chi connectivity index (χ4v) is 6.07. The molecule has 4 amide bonds. The lowest BCUT2D eigenvalue weighted by Gasteiger charge is -2.22. The van der Waals surface area contributed by atoms with Crippen molar-refractivity contribution in [3.05, 3.63) is 130 Å². The van der Waals surface area contributed by atoms with Crippen molar-refractivity contribution < 1.29 is 55.5 Å². The van der Waals surface area contributed by atoms with E-state index < -0.39 is 60.7 Å². The number of nitrogens with zero attached hydrogens (tertiary/aromatic N) is 4. The van der Waals surface area contributed by atoms with Crippen LogP contribution in [0.1, 0.15) is 44.9 Å². The van der Waals surface area contributed by atoms with Crippen LogP contribution >= 0.6 is 23.2 Å². The largest absolute Gasteiger partial charge is 0.452 e. The van der Waals surface area contributed by atoms with Crippen LogP contribution < -0.4 is 22.1 Å². The molecule has 2 aromatic carbocycles. The first-order chi connectivity index (χ1) is 28.5. The molecule has 6 rings (SSSR count). The number of nitrogens with one attached hydrogen (secondary N) is 2. The molecule has 4 aromatic heterocycles. The quantitative estimate of drug-likeness (QED) is 0.0646. The summed E-state index contributed by atoms with van der Waals surface area (Å²) >= 11 is 11.8. The summed E-state index contributed by atoms with van der Waals surface area (Å²) in [6.07, 6.45) is 2.41. The summed E-state index contributed by atoms with van der Waals surface area (Å²) in [6, 6.07) is 17.6. The number of hydrogen-bond acceptors (Lipinski definition) is 10. The Morgan fingerprint density at radius 3 is 1.50 bits per heavy atom. The van der Waals surface area contributed by atoms with E-state index in [0.29, 0.717) is 15.8 Å². The van der Waals surface area contributed by atoms with Crippen molar-refractivity contribution in [1.82, 2.24) is 30.2 Å². The second-order valence-electron chi connectivity index (χ2n) is 12.6. The molecule has 0 saturated carbocycles. The fraction of sp³-hybridized carbons (Fsp3) is 0.184. The summed E-state index contributed by atoms with van der Waals surface area (Å²) in [5, 5.41) is 22.1. The number of aromatic nitrogens is 4. The molecule has 3 unspecified atom stereocenters. The lowest BCUT2D eigenvalue weighted by Crippen LogP contribution is -2.50. The van der Waals surface area contributed by atoms with Crippen LogP contribution in [0.3, 0.4) is 0 Å². The van der Waals surface area contributed by atoms with Crippen molar-refractivity contribution in [3.63, 3.8) is 0 Å². The predicted molar refractivity (Wildman–Crippen MR) is 205 cm³/mol. The number of amides is 4. The maximum Gasteiger partial charge on any atom is 0.333 e.